The molecule has 0 spiro atoms. The average Bonchev–Trinajstić information content (AvgIpc) is 2.82. The van der Waals surface area contributed by atoms with Gasteiger partial charge in [-0.1, -0.05) is 0 Å². The number of anilines is 1. The van der Waals surface area contributed by atoms with Crippen LogP contribution < -0.4 is 5.32 Å². The summed E-state index contributed by atoms with van der Waals surface area (Å²) >= 11 is 1.67. The summed E-state index contributed by atoms with van der Waals surface area (Å²) in [5, 5.41) is 16.3. The quantitative estimate of drug-likeness (QED) is 0.869. The van der Waals surface area contributed by atoms with Crippen molar-refractivity contribution < 1.29 is 9.90 Å². The SMILES string of the molecule is CC(Cc1ccsc1)Nc1cc(C(=O)O)ccn1. The molecule has 2 aromatic heterocycles. The van der Waals surface area contributed by atoms with Crippen molar-refractivity contribution in [1.29, 1.82) is 0 Å². The molecule has 18 heavy (non-hydrogen) atoms. The van der Waals surface area contributed by atoms with Gasteiger partial charge in [0.05, 0.1) is 5.56 Å². The van der Waals surface area contributed by atoms with Gasteiger partial charge in [0.1, 0.15) is 5.82 Å². The van der Waals surface area contributed by atoms with Gasteiger partial charge in [-0.05, 0) is 47.9 Å². The van der Waals surface area contributed by atoms with Crippen LogP contribution in [0.4, 0.5) is 5.82 Å². The first kappa shape index (κ1) is 12.6. The summed E-state index contributed by atoms with van der Waals surface area (Å²) in [7, 11) is 0. The molecule has 0 radical (unpaired) electrons. The molecule has 0 fully saturated rings. The zero-order chi connectivity index (χ0) is 13.0. The average molecular weight is 262 g/mol. The molecule has 0 saturated heterocycles. The zero-order valence-corrected chi connectivity index (χ0v) is 10.8. The molecule has 0 aromatic carbocycles. The maximum Gasteiger partial charge on any atom is 0.335 e. The lowest BCUT2D eigenvalue weighted by Gasteiger charge is -2.13. The smallest absolute Gasteiger partial charge is 0.335 e. The third-order valence-corrected chi connectivity index (χ3v) is 3.26. The van der Waals surface area contributed by atoms with Crippen molar-refractivity contribution in [2.24, 2.45) is 0 Å². The lowest BCUT2D eigenvalue weighted by atomic mass is 10.1. The molecule has 2 aromatic rings. The molecule has 2 N–H and O–H groups in total. The Hall–Kier alpha value is -1.88. The Balaban J connectivity index is 2.00. The first-order chi connectivity index (χ1) is 8.65. The van der Waals surface area contributed by atoms with Crippen LogP contribution in [0.3, 0.4) is 0 Å². The second kappa shape index (κ2) is 5.64. The number of aromatic nitrogens is 1. The van der Waals surface area contributed by atoms with Crippen LogP contribution in [0.1, 0.15) is 22.8 Å². The van der Waals surface area contributed by atoms with Crippen molar-refractivity contribution in [3.63, 3.8) is 0 Å². The minimum Gasteiger partial charge on any atom is -0.478 e. The summed E-state index contributed by atoms with van der Waals surface area (Å²) in [6.45, 7) is 2.05. The lowest BCUT2D eigenvalue weighted by molar-refractivity contribution is 0.0697. The highest BCUT2D eigenvalue weighted by Crippen LogP contribution is 2.12. The van der Waals surface area contributed by atoms with Crippen LogP contribution in [-0.2, 0) is 6.42 Å². The van der Waals surface area contributed by atoms with E-state index >= 15 is 0 Å². The summed E-state index contributed by atoms with van der Waals surface area (Å²) in [6, 6.07) is 5.32. The minimum absolute atomic E-state index is 0.205. The Morgan fingerprint density at radius 3 is 3.06 bits per heavy atom. The third kappa shape index (κ3) is 3.30. The number of hydrogen-bond acceptors (Lipinski definition) is 4. The van der Waals surface area contributed by atoms with Gasteiger partial charge in [-0.15, -0.1) is 0 Å². The molecule has 0 saturated carbocycles. The summed E-state index contributed by atoms with van der Waals surface area (Å²) in [4.78, 5) is 15.0. The van der Waals surface area contributed by atoms with Gasteiger partial charge in [0.2, 0.25) is 0 Å². The zero-order valence-electron chi connectivity index (χ0n) is 9.96. The number of rotatable bonds is 5. The first-order valence-electron chi connectivity index (χ1n) is 5.62. The molecule has 0 aliphatic rings. The van der Waals surface area contributed by atoms with Gasteiger partial charge in [-0.3, -0.25) is 0 Å². The number of aromatic carboxylic acids is 1. The Morgan fingerprint density at radius 2 is 2.39 bits per heavy atom. The number of carbonyl (C=O) groups is 1. The molecule has 0 aliphatic heterocycles. The monoisotopic (exact) mass is 262 g/mol. The molecule has 2 rings (SSSR count). The van der Waals surface area contributed by atoms with E-state index in [1.807, 2.05) is 12.3 Å². The van der Waals surface area contributed by atoms with Crippen molar-refractivity contribution >= 4 is 23.1 Å². The second-order valence-electron chi connectivity index (χ2n) is 4.12. The predicted molar refractivity (Wildman–Crippen MR) is 72.3 cm³/mol. The molecule has 4 nitrogen and oxygen atoms in total. The second-order valence-corrected chi connectivity index (χ2v) is 4.90. The topological polar surface area (TPSA) is 62.2 Å². The largest absolute Gasteiger partial charge is 0.478 e. The van der Waals surface area contributed by atoms with Gasteiger partial charge in [0.25, 0.3) is 0 Å². The van der Waals surface area contributed by atoms with Crippen molar-refractivity contribution in [3.05, 3.63) is 46.3 Å². The van der Waals surface area contributed by atoms with Crippen molar-refractivity contribution in [2.45, 2.75) is 19.4 Å². The van der Waals surface area contributed by atoms with Gasteiger partial charge < -0.3 is 10.4 Å². The molecule has 0 amide bonds. The normalized spacial score (nSPS) is 12.1. The number of pyridine rings is 1. The maximum absolute atomic E-state index is 10.8. The predicted octanol–water partition coefficient (Wildman–Crippen LogP) is 2.88. The van der Waals surface area contributed by atoms with Crippen LogP contribution in [0.5, 0.6) is 0 Å². The molecular formula is C13H14N2O2S. The van der Waals surface area contributed by atoms with Crippen LogP contribution in [0, 0.1) is 0 Å². The molecule has 0 bridgehead atoms. The lowest BCUT2D eigenvalue weighted by Crippen LogP contribution is -2.18. The molecule has 2 heterocycles. The Labute approximate surface area is 109 Å². The summed E-state index contributed by atoms with van der Waals surface area (Å²) in [6.07, 6.45) is 2.39. The van der Waals surface area contributed by atoms with Gasteiger partial charge in [0.15, 0.2) is 0 Å². The molecule has 0 aliphatic carbocycles. The Bertz CT molecular complexity index is 526. The summed E-state index contributed by atoms with van der Waals surface area (Å²) in [5.74, 6) is -0.344. The van der Waals surface area contributed by atoms with Crippen LogP contribution in [0.25, 0.3) is 0 Å². The third-order valence-electron chi connectivity index (χ3n) is 2.52. The van der Waals surface area contributed by atoms with E-state index in [2.05, 4.69) is 21.7 Å². The standard InChI is InChI=1S/C13H14N2O2S/c1-9(6-10-3-5-18-8-10)15-12-7-11(13(16)17)2-4-14-12/h2-5,7-9H,6H2,1H3,(H,14,15)(H,16,17). The number of hydrogen-bond donors (Lipinski definition) is 2. The fourth-order valence-electron chi connectivity index (χ4n) is 1.71. The minimum atomic E-state index is -0.939. The van der Waals surface area contributed by atoms with Crippen molar-refractivity contribution in [3.8, 4) is 0 Å². The van der Waals surface area contributed by atoms with E-state index < -0.39 is 5.97 Å². The Morgan fingerprint density at radius 1 is 1.56 bits per heavy atom. The fraction of sp³-hybridized carbons (Fsp3) is 0.231. The van der Waals surface area contributed by atoms with Gasteiger partial charge >= 0.3 is 5.97 Å². The number of carboxylic acids is 1. The fourth-order valence-corrected chi connectivity index (χ4v) is 2.39. The Kier molecular flexibility index (Phi) is 3.94. The highest BCUT2D eigenvalue weighted by Gasteiger charge is 2.07. The van der Waals surface area contributed by atoms with Crippen LogP contribution in [0.2, 0.25) is 0 Å². The highest BCUT2D eigenvalue weighted by atomic mass is 32.1. The number of thiophene rings is 1. The molecule has 1 atom stereocenters. The number of carboxylic acid groups (broad SMARTS) is 1. The summed E-state index contributed by atoms with van der Waals surface area (Å²) < 4.78 is 0. The van der Waals surface area contributed by atoms with Crippen molar-refractivity contribution in [2.75, 3.05) is 5.32 Å². The molecule has 1 unspecified atom stereocenters. The molecular weight excluding hydrogens is 248 g/mol. The number of nitrogens with zero attached hydrogens (tertiary/aromatic N) is 1. The van der Waals surface area contributed by atoms with E-state index in [1.54, 1.807) is 17.4 Å². The van der Waals surface area contributed by atoms with E-state index in [0.29, 0.717) is 5.82 Å². The van der Waals surface area contributed by atoms with Crippen LogP contribution in [-0.4, -0.2) is 22.1 Å². The van der Waals surface area contributed by atoms with Gasteiger partial charge in [-0.25, -0.2) is 9.78 Å². The number of nitrogens with one attached hydrogen (secondary N) is 1. The molecule has 94 valence electrons. The first-order valence-corrected chi connectivity index (χ1v) is 6.56. The van der Waals surface area contributed by atoms with E-state index in [0.717, 1.165) is 6.42 Å². The molecule has 5 heteroatoms. The highest BCUT2D eigenvalue weighted by molar-refractivity contribution is 7.07. The van der Waals surface area contributed by atoms with Crippen LogP contribution >= 0.6 is 11.3 Å². The maximum atomic E-state index is 10.8. The van der Waals surface area contributed by atoms with E-state index in [1.165, 1.54) is 17.8 Å². The van der Waals surface area contributed by atoms with E-state index in [9.17, 15) is 4.79 Å². The van der Waals surface area contributed by atoms with Gasteiger partial charge in [0, 0.05) is 12.2 Å². The van der Waals surface area contributed by atoms with E-state index in [4.69, 9.17) is 5.11 Å². The van der Waals surface area contributed by atoms with E-state index in [-0.39, 0.29) is 11.6 Å². The van der Waals surface area contributed by atoms with Crippen LogP contribution in [0.15, 0.2) is 35.2 Å². The van der Waals surface area contributed by atoms with Gasteiger partial charge in [-0.2, -0.15) is 11.3 Å². The van der Waals surface area contributed by atoms with Crippen molar-refractivity contribution in [1.82, 2.24) is 4.98 Å². The summed E-state index contributed by atoms with van der Waals surface area (Å²) in [5.41, 5.74) is 1.52.